The van der Waals surface area contributed by atoms with Gasteiger partial charge in [0.05, 0.1) is 0 Å². The van der Waals surface area contributed by atoms with E-state index in [2.05, 4.69) is 87.5 Å². The van der Waals surface area contributed by atoms with E-state index in [-0.39, 0.29) is 58.9 Å². The van der Waals surface area contributed by atoms with E-state index in [0.29, 0.717) is 5.92 Å². The monoisotopic (exact) mass is 468 g/mol. The van der Waals surface area contributed by atoms with Crippen molar-refractivity contribution >= 4 is 0 Å². The van der Waals surface area contributed by atoms with Crippen molar-refractivity contribution in [2.24, 2.45) is 0 Å². The number of aryl methyl sites for hydroxylation is 3. The van der Waals surface area contributed by atoms with Crippen molar-refractivity contribution < 1.29 is 58.9 Å². The van der Waals surface area contributed by atoms with Crippen LogP contribution in [0.15, 0.2) is 66.7 Å². The van der Waals surface area contributed by atoms with E-state index in [4.69, 9.17) is 0 Å². The van der Waals surface area contributed by atoms with Gasteiger partial charge in [-0.15, -0.1) is 5.56 Å². The van der Waals surface area contributed by atoms with E-state index in [1.165, 1.54) is 52.6 Å². The van der Waals surface area contributed by atoms with Crippen LogP contribution in [0.1, 0.15) is 59.1 Å². The summed E-state index contributed by atoms with van der Waals surface area (Å²) in [5.74, 6) is 0.326. The second-order valence-electron chi connectivity index (χ2n) is 6.87. The number of unbranched alkanes of at least 4 members (excludes halogenated alkanes) is 1. The molecule has 0 nitrogen and oxygen atoms in total. The van der Waals surface area contributed by atoms with Crippen molar-refractivity contribution in [1.82, 2.24) is 0 Å². The van der Waals surface area contributed by atoms with E-state index in [0.717, 1.165) is 0 Å². The summed E-state index contributed by atoms with van der Waals surface area (Å²) in [6, 6.07) is 24.8. The molecule has 0 aromatic heterocycles. The predicted molar refractivity (Wildman–Crippen MR) is 104 cm³/mol. The number of hydrogen-bond donors (Lipinski definition) is 0. The first-order valence-electron chi connectivity index (χ1n) is 9.06. The van der Waals surface area contributed by atoms with E-state index in [9.17, 15) is 0 Å². The third-order valence-electron chi connectivity index (χ3n) is 4.81. The molecule has 0 N–H and O–H groups in total. The van der Waals surface area contributed by atoms with Gasteiger partial charge in [0, 0.05) is 0 Å². The van der Waals surface area contributed by atoms with Crippen LogP contribution >= 0.6 is 0 Å². The van der Waals surface area contributed by atoms with Gasteiger partial charge in [-0.1, -0.05) is 85.8 Å². The first-order valence-corrected chi connectivity index (χ1v) is 9.06. The third kappa shape index (κ3) is 7.32. The van der Waals surface area contributed by atoms with Crippen LogP contribution in [0.25, 0.3) is 0 Å². The third-order valence-corrected chi connectivity index (χ3v) is 4.81. The van der Waals surface area contributed by atoms with Crippen molar-refractivity contribution in [3.8, 4) is 0 Å². The molecular formula is C24H27Cl3Ti. The van der Waals surface area contributed by atoms with E-state index in [1.807, 2.05) is 0 Å². The molecule has 0 spiro atoms. The summed E-state index contributed by atoms with van der Waals surface area (Å²) in [6.45, 7) is 6.63. The fraction of sp³-hybridized carbons (Fsp3) is 0.292. The predicted octanol–water partition coefficient (Wildman–Crippen LogP) is -2.45. The largest absolute Gasteiger partial charge is 4.00 e. The van der Waals surface area contributed by atoms with Crippen LogP contribution in [-0.2, 0) is 28.1 Å². The standard InChI is InChI=1S/C24H27.3ClH.Ti/c1-4-5-11-20-12-8-15-23(20)24(21-13-6-9-18(2)16-21)22-14-7-10-19(3)17-22;;;;/h6-10,12-17,24H,4-5,11H2,1-3H3;3*1H;/q-1;;;;+4/p-3. The number of halogens is 3. The van der Waals surface area contributed by atoms with Gasteiger partial charge in [-0.3, -0.25) is 0 Å². The van der Waals surface area contributed by atoms with Crippen LogP contribution in [0.4, 0.5) is 0 Å². The molecule has 0 aliphatic rings. The van der Waals surface area contributed by atoms with Crippen LogP contribution in [-0.4, -0.2) is 0 Å². The van der Waals surface area contributed by atoms with Crippen LogP contribution < -0.4 is 37.2 Å². The molecule has 0 radical (unpaired) electrons. The molecule has 0 saturated carbocycles. The van der Waals surface area contributed by atoms with Gasteiger partial charge in [0.25, 0.3) is 0 Å². The smallest absolute Gasteiger partial charge is 1.00 e. The molecule has 0 aliphatic heterocycles. The SMILES string of the molecule is CCCCc1ccc[c-]1C(c1cccc(C)c1)c1cccc(C)c1.[Cl-].[Cl-].[Cl-].[Ti+4]. The molecule has 28 heavy (non-hydrogen) atoms. The van der Waals surface area contributed by atoms with Crippen molar-refractivity contribution in [1.29, 1.82) is 0 Å². The maximum atomic E-state index is 2.34. The van der Waals surface area contributed by atoms with Gasteiger partial charge in [0.1, 0.15) is 0 Å². The molecular weight excluding hydrogens is 442 g/mol. The van der Waals surface area contributed by atoms with E-state index >= 15 is 0 Å². The normalized spacial score (nSPS) is 9.57. The Hall–Kier alpha value is -0.626. The Kier molecular flexibility index (Phi) is 15.2. The van der Waals surface area contributed by atoms with Gasteiger partial charge in [-0.25, -0.2) is 12.1 Å². The van der Waals surface area contributed by atoms with E-state index in [1.54, 1.807) is 0 Å². The summed E-state index contributed by atoms with van der Waals surface area (Å²) < 4.78 is 0. The Bertz CT molecular complexity index is 765. The van der Waals surface area contributed by atoms with Crippen molar-refractivity contribution in [2.75, 3.05) is 0 Å². The quantitative estimate of drug-likeness (QED) is 0.278. The van der Waals surface area contributed by atoms with Crippen LogP contribution in [0.5, 0.6) is 0 Å². The average Bonchev–Trinajstić information content (AvgIpc) is 3.01. The molecule has 3 aromatic carbocycles. The van der Waals surface area contributed by atoms with Crippen molar-refractivity contribution in [2.45, 2.75) is 46.0 Å². The fourth-order valence-corrected chi connectivity index (χ4v) is 3.60. The molecule has 0 aliphatic carbocycles. The van der Waals surface area contributed by atoms with Gasteiger partial charge in [0.2, 0.25) is 0 Å². The van der Waals surface area contributed by atoms with Gasteiger partial charge >= 0.3 is 21.7 Å². The maximum absolute atomic E-state index is 2.34. The molecule has 0 atom stereocenters. The summed E-state index contributed by atoms with van der Waals surface area (Å²) in [4.78, 5) is 0. The molecule has 3 rings (SSSR count). The summed E-state index contributed by atoms with van der Waals surface area (Å²) in [5, 5.41) is 0. The summed E-state index contributed by atoms with van der Waals surface area (Å²) in [5.41, 5.74) is 8.41. The minimum absolute atomic E-state index is 0. The van der Waals surface area contributed by atoms with Gasteiger partial charge in [-0.05, 0) is 30.9 Å². The van der Waals surface area contributed by atoms with Crippen molar-refractivity contribution in [3.05, 3.63) is 100 Å². The molecule has 148 valence electrons. The maximum Gasteiger partial charge on any atom is 4.00 e. The second-order valence-corrected chi connectivity index (χ2v) is 6.87. The summed E-state index contributed by atoms with van der Waals surface area (Å²) in [7, 11) is 0. The summed E-state index contributed by atoms with van der Waals surface area (Å²) in [6.07, 6.45) is 3.67. The van der Waals surface area contributed by atoms with Crippen LogP contribution in [0.2, 0.25) is 0 Å². The molecule has 0 bridgehead atoms. The van der Waals surface area contributed by atoms with Gasteiger partial charge in [-0.2, -0.15) is 11.6 Å². The molecule has 3 aromatic rings. The molecule has 4 heteroatoms. The Balaban J connectivity index is 0. The zero-order valence-corrected chi connectivity index (χ0v) is 20.5. The summed E-state index contributed by atoms with van der Waals surface area (Å²) >= 11 is 0. The Morgan fingerprint density at radius 3 is 1.79 bits per heavy atom. The number of benzene rings is 2. The average molecular weight is 470 g/mol. The molecule has 0 amide bonds. The fourth-order valence-electron chi connectivity index (χ4n) is 3.60. The van der Waals surface area contributed by atoms with Crippen LogP contribution in [0.3, 0.4) is 0 Å². The number of rotatable bonds is 6. The minimum atomic E-state index is 0. The second kappa shape index (κ2) is 14.4. The first kappa shape index (κ1) is 29.6. The zero-order valence-electron chi connectivity index (χ0n) is 16.7. The minimum Gasteiger partial charge on any atom is -1.00 e. The van der Waals surface area contributed by atoms with Gasteiger partial charge in [0.15, 0.2) is 0 Å². The molecule has 0 heterocycles. The van der Waals surface area contributed by atoms with Crippen LogP contribution in [0, 0.1) is 13.8 Å². The Labute approximate surface area is 204 Å². The Morgan fingerprint density at radius 2 is 1.32 bits per heavy atom. The van der Waals surface area contributed by atoms with Gasteiger partial charge < -0.3 is 37.2 Å². The van der Waals surface area contributed by atoms with E-state index < -0.39 is 0 Å². The first-order chi connectivity index (χ1) is 11.7. The molecule has 0 fully saturated rings. The molecule has 0 unspecified atom stereocenters. The zero-order chi connectivity index (χ0) is 16.9. The van der Waals surface area contributed by atoms with Crippen molar-refractivity contribution in [3.63, 3.8) is 0 Å². The number of hydrogen-bond acceptors (Lipinski definition) is 0. The topological polar surface area (TPSA) is 0 Å². The Morgan fingerprint density at radius 1 is 0.786 bits per heavy atom. The molecule has 0 saturated heterocycles.